The van der Waals surface area contributed by atoms with E-state index < -0.39 is 0 Å². The molecule has 114 valence electrons. The first kappa shape index (κ1) is 17.1. The summed E-state index contributed by atoms with van der Waals surface area (Å²) in [4.78, 5) is 6.42. The molecule has 0 aliphatic carbocycles. The Balaban J connectivity index is 2.60. The van der Waals surface area contributed by atoms with Crippen LogP contribution in [0.25, 0.3) is 0 Å². The van der Waals surface area contributed by atoms with Crippen molar-refractivity contribution in [2.24, 2.45) is 5.92 Å². The molecule has 0 aliphatic heterocycles. The van der Waals surface area contributed by atoms with Crippen LogP contribution in [0.15, 0.2) is 18.3 Å². The number of nitrogens with zero attached hydrogens (tertiary/aromatic N) is 2. The van der Waals surface area contributed by atoms with Gasteiger partial charge in [0.25, 0.3) is 0 Å². The molecule has 1 aromatic rings. The van der Waals surface area contributed by atoms with Crippen LogP contribution in [0, 0.1) is 11.7 Å². The van der Waals surface area contributed by atoms with Gasteiger partial charge in [-0.25, -0.2) is 4.39 Å². The molecule has 3 nitrogen and oxygen atoms in total. The minimum atomic E-state index is -0.288. The van der Waals surface area contributed by atoms with E-state index in [1.807, 2.05) is 0 Å². The summed E-state index contributed by atoms with van der Waals surface area (Å²) in [6.45, 7) is 7.48. The van der Waals surface area contributed by atoms with Crippen LogP contribution in [0.2, 0.25) is 0 Å². The van der Waals surface area contributed by atoms with E-state index in [0.29, 0.717) is 12.0 Å². The second kappa shape index (κ2) is 8.32. The Hall–Kier alpha value is -1.00. The van der Waals surface area contributed by atoms with Crippen LogP contribution in [-0.2, 0) is 0 Å². The third kappa shape index (κ3) is 4.84. The van der Waals surface area contributed by atoms with E-state index in [4.69, 9.17) is 0 Å². The third-order valence-corrected chi connectivity index (χ3v) is 4.08. The van der Waals surface area contributed by atoms with Crippen molar-refractivity contribution in [3.63, 3.8) is 0 Å². The van der Waals surface area contributed by atoms with Crippen molar-refractivity contribution in [2.75, 3.05) is 20.6 Å². The van der Waals surface area contributed by atoms with Crippen LogP contribution >= 0.6 is 0 Å². The van der Waals surface area contributed by atoms with E-state index >= 15 is 0 Å². The highest BCUT2D eigenvalue weighted by molar-refractivity contribution is 5.09. The lowest BCUT2D eigenvalue weighted by Gasteiger charge is -2.32. The van der Waals surface area contributed by atoms with Crippen molar-refractivity contribution in [1.82, 2.24) is 15.2 Å². The Morgan fingerprint density at radius 3 is 2.35 bits per heavy atom. The highest BCUT2D eigenvalue weighted by atomic mass is 19.1. The molecule has 1 heterocycles. The zero-order valence-corrected chi connectivity index (χ0v) is 13.4. The molecule has 0 saturated carbocycles. The molecule has 0 aliphatic rings. The summed E-state index contributed by atoms with van der Waals surface area (Å²) < 4.78 is 12.9. The maximum atomic E-state index is 12.9. The number of rotatable bonds is 8. The van der Waals surface area contributed by atoms with Gasteiger partial charge in [-0.2, -0.15) is 0 Å². The van der Waals surface area contributed by atoms with Crippen LogP contribution in [0.4, 0.5) is 4.39 Å². The fourth-order valence-corrected chi connectivity index (χ4v) is 2.65. The molecule has 0 fully saturated rings. The van der Waals surface area contributed by atoms with E-state index in [0.717, 1.165) is 12.2 Å². The van der Waals surface area contributed by atoms with Gasteiger partial charge >= 0.3 is 0 Å². The predicted molar refractivity (Wildman–Crippen MR) is 82.2 cm³/mol. The Morgan fingerprint density at radius 2 is 1.90 bits per heavy atom. The molecule has 1 N–H and O–H groups in total. The van der Waals surface area contributed by atoms with E-state index in [-0.39, 0.29) is 11.9 Å². The van der Waals surface area contributed by atoms with E-state index in [1.54, 1.807) is 6.07 Å². The third-order valence-electron chi connectivity index (χ3n) is 4.08. The van der Waals surface area contributed by atoms with Crippen LogP contribution in [-0.4, -0.2) is 36.6 Å². The molecule has 0 radical (unpaired) electrons. The summed E-state index contributed by atoms with van der Waals surface area (Å²) >= 11 is 0. The zero-order chi connectivity index (χ0) is 15.1. The summed E-state index contributed by atoms with van der Waals surface area (Å²) in [6, 6.07) is 3.85. The van der Waals surface area contributed by atoms with Gasteiger partial charge in [-0.05, 0) is 39.1 Å². The molecule has 0 amide bonds. The van der Waals surface area contributed by atoms with E-state index in [1.165, 1.54) is 25.1 Å². The molecule has 1 aromatic heterocycles. The fraction of sp³-hybridized carbons (Fsp3) is 0.688. The van der Waals surface area contributed by atoms with E-state index in [9.17, 15) is 4.39 Å². The average Bonchev–Trinajstić information content (AvgIpc) is 2.43. The first-order chi connectivity index (χ1) is 9.49. The molecule has 0 saturated heterocycles. The SMILES string of the molecule is CCC(CC)C(CNC(C)c1ccc(F)cn1)N(C)C. The lowest BCUT2D eigenvalue weighted by atomic mass is 9.93. The number of hydrogen-bond acceptors (Lipinski definition) is 3. The molecule has 1 rings (SSSR count). The molecule has 20 heavy (non-hydrogen) atoms. The minimum absolute atomic E-state index is 0.132. The average molecular weight is 281 g/mol. The number of likely N-dealkylation sites (N-methyl/N-ethyl adjacent to an activating group) is 1. The lowest BCUT2D eigenvalue weighted by molar-refractivity contribution is 0.190. The fourth-order valence-electron chi connectivity index (χ4n) is 2.65. The van der Waals surface area contributed by atoms with Crippen molar-refractivity contribution in [3.8, 4) is 0 Å². The Labute approximate surface area is 122 Å². The van der Waals surface area contributed by atoms with Gasteiger partial charge in [0.05, 0.1) is 11.9 Å². The summed E-state index contributed by atoms with van der Waals surface area (Å²) in [6.07, 6.45) is 3.65. The number of halogens is 1. The van der Waals surface area contributed by atoms with Gasteiger partial charge in [-0.15, -0.1) is 0 Å². The molecule has 4 heteroatoms. The minimum Gasteiger partial charge on any atom is -0.307 e. The Bertz CT molecular complexity index is 374. The van der Waals surface area contributed by atoms with Crippen molar-refractivity contribution in [2.45, 2.75) is 45.7 Å². The van der Waals surface area contributed by atoms with E-state index in [2.05, 4.69) is 50.1 Å². The number of nitrogens with one attached hydrogen (secondary N) is 1. The summed E-state index contributed by atoms with van der Waals surface area (Å²) in [5.41, 5.74) is 0.883. The largest absolute Gasteiger partial charge is 0.307 e. The second-order valence-electron chi connectivity index (χ2n) is 5.64. The standard InChI is InChI=1S/C16H28FN3/c1-6-13(7-2)16(20(4)5)11-18-12(3)15-9-8-14(17)10-19-15/h8-10,12-13,16,18H,6-7,11H2,1-5H3. The van der Waals surface area contributed by atoms with Gasteiger partial charge in [-0.1, -0.05) is 26.7 Å². The summed E-state index contributed by atoms with van der Waals surface area (Å²) in [5.74, 6) is 0.398. The lowest BCUT2D eigenvalue weighted by Crippen LogP contribution is -2.43. The molecular formula is C16H28FN3. The van der Waals surface area contributed by atoms with Crippen molar-refractivity contribution < 1.29 is 4.39 Å². The maximum absolute atomic E-state index is 12.9. The second-order valence-corrected chi connectivity index (χ2v) is 5.64. The van der Waals surface area contributed by atoms with Gasteiger partial charge in [0.2, 0.25) is 0 Å². The Kier molecular flexibility index (Phi) is 7.10. The van der Waals surface area contributed by atoms with Crippen molar-refractivity contribution in [3.05, 3.63) is 29.8 Å². The molecule has 2 unspecified atom stereocenters. The molecule has 0 aromatic carbocycles. The quantitative estimate of drug-likeness (QED) is 0.793. The van der Waals surface area contributed by atoms with Gasteiger partial charge in [-0.3, -0.25) is 4.98 Å². The predicted octanol–water partition coefficient (Wildman–Crippen LogP) is 3.24. The zero-order valence-electron chi connectivity index (χ0n) is 13.4. The molecule has 2 atom stereocenters. The topological polar surface area (TPSA) is 28.2 Å². The smallest absolute Gasteiger partial charge is 0.141 e. The van der Waals surface area contributed by atoms with Crippen molar-refractivity contribution >= 4 is 0 Å². The summed E-state index contributed by atoms with van der Waals surface area (Å²) in [5, 5.41) is 3.52. The van der Waals surface area contributed by atoms with Crippen LogP contribution < -0.4 is 5.32 Å². The van der Waals surface area contributed by atoms with Crippen molar-refractivity contribution in [1.29, 1.82) is 0 Å². The van der Waals surface area contributed by atoms with Crippen LogP contribution in [0.1, 0.15) is 45.3 Å². The highest BCUT2D eigenvalue weighted by Crippen LogP contribution is 2.18. The van der Waals surface area contributed by atoms with Gasteiger partial charge in [0.1, 0.15) is 5.82 Å². The Morgan fingerprint density at radius 1 is 1.25 bits per heavy atom. The van der Waals surface area contributed by atoms with Gasteiger partial charge in [0.15, 0.2) is 0 Å². The van der Waals surface area contributed by atoms with Gasteiger partial charge in [0, 0.05) is 18.6 Å². The number of pyridine rings is 1. The molecule has 0 spiro atoms. The maximum Gasteiger partial charge on any atom is 0.141 e. The normalized spacial score (nSPS) is 14.8. The number of hydrogen-bond donors (Lipinski definition) is 1. The number of aromatic nitrogens is 1. The first-order valence-electron chi connectivity index (χ1n) is 7.50. The first-order valence-corrected chi connectivity index (χ1v) is 7.50. The van der Waals surface area contributed by atoms with Crippen LogP contribution in [0.3, 0.4) is 0 Å². The van der Waals surface area contributed by atoms with Gasteiger partial charge < -0.3 is 10.2 Å². The molecular weight excluding hydrogens is 253 g/mol. The molecule has 0 bridgehead atoms. The van der Waals surface area contributed by atoms with Crippen LogP contribution in [0.5, 0.6) is 0 Å². The highest BCUT2D eigenvalue weighted by Gasteiger charge is 2.21. The monoisotopic (exact) mass is 281 g/mol. The summed E-state index contributed by atoms with van der Waals surface area (Å²) in [7, 11) is 4.26.